The van der Waals surface area contributed by atoms with Gasteiger partial charge in [0, 0.05) is 0 Å². The maximum Gasteiger partial charge on any atom is 0.237 e. The lowest BCUT2D eigenvalue weighted by molar-refractivity contribution is -0.123. The zero-order valence-corrected chi connectivity index (χ0v) is 11.2. The normalized spacial score (nSPS) is 14.4. The maximum absolute atomic E-state index is 11.7. The summed E-state index contributed by atoms with van der Waals surface area (Å²) in [5.41, 5.74) is 6.92. The molecule has 0 aliphatic rings. The maximum atomic E-state index is 11.7. The molecule has 0 saturated heterocycles. The number of carbonyl (C=O) groups excluding carboxylic acids is 1. The van der Waals surface area contributed by atoms with Gasteiger partial charge in [-0.05, 0) is 47.7 Å². The quantitative estimate of drug-likeness (QED) is 0.820. The van der Waals surface area contributed by atoms with Gasteiger partial charge in [-0.1, -0.05) is 0 Å². The summed E-state index contributed by atoms with van der Waals surface area (Å²) in [5.74, 6) is 0.856. The molecule has 1 aromatic rings. The molecule has 0 aliphatic carbocycles. The molecule has 0 aliphatic heterocycles. The number of hydrogen-bond acceptors (Lipinski definition) is 4. The Balaban J connectivity index is 2.39. The molecule has 16 heavy (non-hydrogen) atoms. The van der Waals surface area contributed by atoms with Crippen LogP contribution in [0.5, 0.6) is 0 Å². The second kappa shape index (κ2) is 6.93. The Hall–Kier alpha value is -0.520. The number of amides is 1. The van der Waals surface area contributed by atoms with Crippen molar-refractivity contribution in [3.63, 3.8) is 0 Å². The van der Waals surface area contributed by atoms with Crippen molar-refractivity contribution in [3.05, 3.63) is 22.4 Å². The molecule has 0 bridgehead atoms. The van der Waals surface area contributed by atoms with Crippen LogP contribution in [0.2, 0.25) is 0 Å². The van der Waals surface area contributed by atoms with Crippen LogP contribution in [0.1, 0.15) is 24.9 Å². The highest BCUT2D eigenvalue weighted by atomic mass is 32.2. The highest BCUT2D eigenvalue weighted by molar-refractivity contribution is 7.98. The van der Waals surface area contributed by atoms with E-state index in [1.807, 2.05) is 30.0 Å². The monoisotopic (exact) mass is 258 g/mol. The van der Waals surface area contributed by atoms with Crippen LogP contribution in [0.4, 0.5) is 0 Å². The molecule has 90 valence electrons. The molecular weight excluding hydrogens is 240 g/mol. The third-order valence-electron chi connectivity index (χ3n) is 2.37. The van der Waals surface area contributed by atoms with Gasteiger partial charge in [-0.25, -0.2) is 0 Å². The van der Waals surface area contributed by atoms with Crippen molar-refractivity contribution in [2.75, 3.05) is 12.0 Å². The number of nitrogens with two attached hydrogens (primary N) is 1. The van der Waals surface area contributed by atoms with Crippen LogP contribution in [-0.4, -0.2) is 24.0 Å². The van der Waals surface area contributed by atoms with E-state index in [1.54, 1.807) is 23.1 Å². The number of thiophene rings is 1. The summed E-state index contributed by atoms with van der Waals surface area (Å²) in [6, 6.07) is 1.66. The summed E-state index contributed by atoms with van der Waals surface area (Å²) in [6.45, 7) is 1.97. The molecule has 1 unspecified atom stereocenters. The van der Waals surface area contributed by atoms with Crippen LogP contribution < -0.4 is 11.1 Å². The minimum absolute atomic E-state index is 0.0408. The van der Waals surface area contributed by atoms with E-state index in [9.17, 15) is 4.79 Å². The van der Waals surface area contributed by atoms with E-state index in [-0.39, 0.29) is 11.9 Å². The smallest absolute Gasteiger partial charge is 0.237 e. The fourth-order valence-corrected chi connectivity index (χ4v) is 2.54. The van der Waals surface area contributed by atoms with Crippen molar-refractivity contribution in [1.29, 1.82) is 0 Å². The number of carbonyl (C=O) groups is 1. The van der Waals surface area contributed by atoms with Gasteiger partial charge in [0.15, 0.2) is 0 Å². The van der Waals surface area contributed by atoms with Crippen LogP contribution in [0, 0.1) is 0 Å². The predicted octanol–water partition coefficient (Wildman–Crippen LogP) is 2.01. The van der Waals surface area contributed by atoms with Gasteiger partial charge in [0.05, 0.1) is 12.1 Å². The van der Waals surface area contributed by atoms with Gasteiger partial charge in [0.2, 0.25) is 5.91 Å². The SMILES string of the molecule is CSCC[C@@H](N)C(=O)NC(C)c1ccsc1. The van der Waals surface area contributed by atoms with E-state index in [0.717, 1.165) is 17.7 Å². The minimum Gasteiger partial charge on any atom is -0.348 e. The second-order valence-electron chi connectivity index (χ2n) is 3.67. The third-order valence-corrected chi connectivity index (χ3v) is 3.72. The van der Waals surface area contributed by atoms with Crippen molar-refractivity contribution >= 4 is 29.0 Å². The summed E-state index contributed by atoms with van der Waals surface area (Å²) in [4.78, 5) is 11.7. The van der Waals surface area contributed by atoms with Crippen LogP contribution in [0.15, 0.2) is 16.8 Å². The molecule has 0 spiro atoms. The first-order valence-electron chi connectivity index (χ1n) is 5.22. The first-order chi connectivity index (χ1) is 7.65. The first kappa shape index (κ1) is 13.5. The zero-order valence-electron chi connectivity index (χ0n) is 9.60. The summed E-state index contributed by atoms with van der Waals surface area (Å²) >= 11 is 3.34. The van der Waals surface area contributed by atoms with Gasteiger partial charge < -0.3 is 11.1 Å². The second-order valence-corrected chi connectivity index (χ2v) is 5.44. The van der Waals surface area contributed by atoms with E-state index in [1.165, 1.54) is 0 Å². The Bertz CT molecular complexity index is 314. The van der Waals surface area contributed by atoms with E-state index in [0.29, 0.717) is 0 Å². The lowest BCUT2D eigenvalue weighted by Crippen LogP contribution is -2.41. The standard InChI is InChI=1S/C11H18N2OS2/c1-8(9-3-6-16-7-9)13-11(14)10(12)4-5-15-2/h3,6-8,10H,4-5,12H2,1-2H3,(H,13,14)/t8?,10-/m1/s1. The molecule has 0 aromatic carbocycles. The Morgan fingerprint density at radius 3 is 3.00 bits per heavy atom. The Labute approximate surface area is 105 Å². The first-order valence-corrected chi connectivity index (χ1v) is 7.55. The summed E-state index contributed by atoms with van der Waals surface area (Å²) in [7, 11) is 0. The van der Waals surface area contributed by atoms with Crippen molar-refractivity contribution < 1.29 is 4.79 Å². The molecule has 3 N–H and O–H groups in total. The predicted molar refractivity (Wildman–Crippen MR) is 71.9 cm³/mol. The molecule has 1 aromatic heterocycles. The number of nitrogens with one attached hydrogen (secondary N) is 1. The van der Waals surface area contributed by atoms with Gasteiger partial charge >= 0.3 is 0 Å². The summed E-state index contributed by atoms with van der Waals surface area (Å²) < 4.78 is 0. The van der Waals surface area contributed by atoms with E-state index in [2.05, 4.69) is 5.32 Å². The summed E-state index contributed by atoms with van der Waals surface area (Å²) in [5, 5.41) is 6.97. The minimum atomic E-state index is -0.395. The molecule has 1 rings (SSSR count). The molecule has 1 amide bonds. The molecule has 2 atom stereocenters. The number of thioether (sulfide) groups is 1. The third kappa shape index (κ3) is 4.15. The van der Waals surface area contributed by atoms with Gasteiger partial charge in [-0.15, -0.1) is 0 Å². The van der Waals surface area contributed by atoms with Crippen molar-refractivity contribution in [3.8, 4) is 0 Å². The van der Waals surface area contributed by atoms with Gasteiger partial charge in [-0.2, -0.15) is 23.1 Å². The Morgan fingerprint density at radius 1 is 1.69 bits per heavy atom. The zero-order chi connectivity index (χ0) is 12.0. The molecule has 1 heterocycles. The lowest BCUT2D eigenvalue weighted by Gasteiger charge is -2.16. The van der Waals surface area contributed by atoms with Crippen molar-refractivity contribution in [1.82, 2.24) is 5.32 Å². The van der Waals surface area contributed by atoms with E-state index in [4.69, 9.17) is 5.73 Å². The fourth-order valence-electron chi connectivity index (χ4n) is 1.30. The lowest BCUT2D eigenvalue weighted by atomic mass is 10.1. The Kier molecular flexibility index (Phi) is 5.87. The average Bonchev–Trinajstić information content (AvgIpc) is 2.79. The highest BCUT2D eigenvalue weighted by Gasteiger charge is 2.16. The highest BCUT2D eigenvalue weighted by Crippen LogP contribution is 2.15. The molecule has 0 fully saturated rings. The van der Waals surface area contributed by atoms with Gasteiger partial charge in [0.25, 0.3) is 0 Å². The van der Waals surface area contributed by atoms with Crippen LogP contribution in [0.3, 0.4) is 0 Å². The average molecular weight is 258 g/mol. The molecule has 0 saturated carbocycles. The molecule has 0 radical (unpaired) electrons. The van der Waals surface area contributed by atoms with Crippen LogP contribution in [-0.2, 0) is 4.79 Å². The largest absolute Gasteiger partial charge is 0.348 e. The number of hydrogen-bond donors (Lipinski definition) is 2. The van der Waals surface area contributed by atoms with Crippen LogP contribution >= 0.6 is 23.1 Å². The molecule has 3 nitrogen and oxygen atoms in total. The van der Waals surface area contributed by atoms with E-state index >= 15 is 0 Å². The number of rotatable bonds is 6. The summed E-state index contributed by atoms with van der Waals surface area (Å²) in [6.07, 6.45) is 2.74. The van der Waals surface area contributed by atoms with Crippen molar-refractivity contribution in [2.45, 2.75) is 25.4 Å². The van der Waals surface area contributed by atoms with E-state index < -0.39 is 6.04 Å². The van der Waals surface area contributed by atoms with Gasteiger partial charge in [0.1, 0.15) is 0 Å². The van der Waals surface area contributed by atoms with Crippen LogP contribution in [0.25, 0.3) is 0 Å². The Morgan fingerprint density at radius 2 is 2.44 bits per heavy atom. The topological polar surface area (TPSA) is 55.1 Å². The molecular formula is C11H18N2OS2. The fraction of sp³-hybridized carbons (Fsp3) is 0.545. The van der Waals surface area contributed by atoms with Crippen molar-refractivity contribution in [2.24, 2.45) is 5.73 Å². The molecule has 5 heteroatoms. The van der Waals surface area contributed by atoms with Gasteiger partial charge in [-0.3, -0.25) is 4.79 Å².